The fourth-order valence-corrected chi connectivity index (χ4v) is 2.90. The maximum atomic E-state index is 6.02. The van der Waals surface area contributed by atoms with Gasteiger partial charge in [-0.15, -0.1) is 0 Å². The van der Waals surface area contributed by atoms with E-state index in [2.05, 4.69) is 46.1 Å². The minimum atomic E-state index is 0.597. The highest BCUT2D eigenvalue weighted by Gasteiger charge is 2.20. The van der Waals surface area contributed by atoms with Gasteiger partial charge < -0.3 is 10.6 Å². The molecule has 0 aliphatic carbocycles. The van der Waals surface area contributed by atoms with Crippen molar-refractivity contribution < 1.29 is 0 Å². The minimum absolute atomic E-state index is 0.597. The fourth-order valence-electron chi connectivity index (χ4n) is 2.90. The molecule has 0 atom stereocenters. The Morgan fingerprint density at radius 3 is 2.90 bits per heavy atom. The van der Waals surface area contributed by atoms with Crippen LogP contribution in [0.1, 0.15) is 30.9 Å². The van der Waals surface area contributed by atoms with E-state index in [4.69, 9.17) is 5.73 Å². The lowest BCUT2D eigenvalue weighted by molar-refractivity contribution is 0.755. The topological polar surface area (TPSA) is 55.0 Å². The molecule has 2 aromatic rings. The van der Waals surface area contributed by atoms with E-state index in [0.29, 0.717) is 5.82 Å². The number of rotatable bonds is 2. The molecule has 0 unspecified atom stereocenters. The van der Waals surface area contributed by atoms with Crippen LogP contribution in [0.4, 0.5) is 17.3 Å². The second-order valence-corrected chi connectivity index (χ2v) is 5.15. The Balaban J connectivity index is 2.12. The van der Waals surface area contributed by atoms with Crippen LogP contribution in [0.25, 0.3) is 0 Å². The summed E-state index contributed by atoms with van der Waals surface area (Å²) < 4.78 is 0. The van der Waals surface area contributed by atoms with Gasteiger partial charge in [-0.05, 0) is 37.3 Å². The van der Waals surface area contributed by atoms with Crippen LogP contribution < -0.4 is 10.6 Å². The molecule has 1 aliphatic rings. The Bertz CT molecular complexity index is 609. The number of hydrogen-bond donors (Lipinski definition) is 1. The summed E-state index contributed by atoms with van der Waals surface area (Å²) in [5.41, 5.74) is 9.72. The summed E-state index contributed by atoms with van der Waals surface area (Å²) in [7, 11) is 0. The SMILES string of the molecule is CCc1c(N)ncnc1N1CCCCc2ccccc21. The summed E-state index contributed by atoms with van der Waals surface area (Å²) in [6, 6.07) is 8.59. The van der Waals surface area contributed by atoms with Crippen molar-refractivity contribution in [2.75, 3.05) is 17.2 Å². The van der Waals surface area contributed by atoms with Crippen LogP contribution in [0.5, 0.6) is 0 Å². The smallest absolute Gasteiger partial charge is 0.141 e. The Labute approximate surface area is 119 Å². The standard InChI is InChI=1S/C16H20N4/c1-2-13-15(17)18-11-19-16(13)20-10-6-5-8-12-7-3-4-9-14(12)20/h3-4,7,9,11H,2,5-6,8,10H2,1H3,(H2,17,18,19). The second-order valence-electron chi connectivity index (χ2n) is 5.15. The number of anilines is 3. The fraction of sp³-hybridized carbons (Fsp3) is 0.375. The predicted octanol–water partition coefficient (Wildman–Crippen LogP) is 3.10. The summed E-state index contributed by atoms with van der Waals surface area (Å²) in [5, 5.41) is 0. The van der Waals surface area contributed by atoms with Crippen LogP contribution in [-0.4, -0.2) is 16.5 Å². The normalized spacial score (nSPS) is 14.8. The highest BCUT2D eigenvalue weighted by atomic mass is 15.2. The van der Waals surface area contributed by atoms with Gasteiger partial charge >= 0.3 is 0 Å². The largest absolute Gasteiger partial charge is 0.383 e. The molecule has 2 heterocycles. The van der Waals surface area contributed by atoms with Gasteiger partial charge in [0.2, 0.25) is 0 Å². The van der Waals surface area contributed by atoms with Crippen LogP contribution in [0.2, 0.25) is 0 Å². The van der Waals surface area contributed by atoms with E-state index in [9.17, 15) is 0 Å². The zero-order chi connectivity index (χ0) is 13.9. The number of nitrogens with two attached hydrogens (primary N) is 1. The molecule has 1 aromatic heterocycles. The van der Waals surface area contributed by atoms with Gasteiger partial charge in [-0.2, -0.15) is 0 Å². The Morgan fingerprint density at radius 2 is 2.05 bits per heavy atom. The van der Waals surface area contributed by atoms with Crippen molar-refractivity contribution in [1.29, 1.82) is 0 Å². The van der Waals surface area contributed by atoms with Crippen LogP contribution in [0.15, 0.2) is 30.6 Å². The molecule has 3 rings (SSSR count). The van der Waals surface area contributed by atoms with Crippen LogP contribution >= 0.6 is 0 Å². The average Bonchev–Trinajstić information content (AvgIpc) is 2.69. The van der Waals surface area contributed by atoms with Crippen LogP contribution in [-0.2, 0) is 12.8 Å². The van der Waals surface area contributed by atoms with Crippen LogP contribution in [0, 0.1) is 0 Å². The first-order valence-electron chi connectivity index (χ1n) is 7.26. The summed E-state index contributed by atoms with van der Waals surface area (Å²) in [6.45, 7) is 3.09. The van der Waals surface area contributed by atoms with E-state index in [0.717, 1.165) is 30.8 Å². The van der Waals surface area contributed by atoms with Crippen molar-refractivity contribution in [3.8, 4) is 0 Å². The van der Waals surface area contributed by atoms with Gasteiger partial charge in [0.05, 0.1) is 0 Å². The number of aromatic nitrogens is 2. The molecule has 0 spiro atoms. The van der Waals surface area contributed by atoms with Gasteiger partial charge in [-0.1, -0.05) is 25.1 Å². The maximum Gasteiger partial charge on any atom is 0.141 e. The summed E-state index contributed by atoms with van der Waals surface area (Å²) >= 11 is 0. The molecule has 0 amide bonds. The monoisotopic (exact) mass is 268 g/mol. The Kier molecular flexibility index (Phi) is 3.54. The number of hydrogen-bond acceptors (Lipinski definition) is 4. The first kappa shape index (κ1) is 12.9. The maximum absolute atomic E-state index is 6.02. The molecule has 0 saturated heterocycles. The molecule has 20 heavy (non-hydrogen) atoms. The lowest BCUT2D eigenvalue weighted by atomic mass is 10.1. The van der Waals surface area contributed by atoms with Gasteiger partial charge in [0.1, 0.15) is 18.0 Å². The van der Waals surface area contributed by atoms with Crippen molar-refractivity contribution in [1.82, 2.24) is 9.97 Å². The molecule has 4 heteroatoms. The van der Waals surface area contributed by atoms with Crippen molar-refractivity contribution in [2.24, 2.45) is 0 Å². The van der Waals surface area contributed by atoms with Crippen LogP contribution in [0.3, 0.4) is 0 Å². The molecular formula is C16H20N4. The van der Waals surface area contributed by atoms with E-state index in [1.165, 1.54) is 24.1 Å². The van der Waals surface area contributed by atoms with Gasteiger partial charge in [0.15, 0.2) is 0 Å². The third-order valence-corrected chi connectivity index (χ3v) is 3.93. The molecule has 0 bridgehead atoms. The molecule has 0 fully saturated rings. The molecule has 0 radical (unpaired) electrons. The van der Waals surface area contributed by atoms with Gasteiger partial charge in [-0.25, -0.2) is 9.97 Å². The molecule has 0 saturated carbocycles. The zero-order valence-corrected chi connectivity index (χ0v) is 11.8. The average molecular weight is 268 g/mol. The quantitative estimate of drug-likeness (QED) is 0.909. The summed E-state index contributed by atoms with van der Waals surface area (Å²) in [4.78, 5) is 10.9. The number of aryl methyl sites for hydroxylation is 1. The first-order chi connectivity index (χ1) is 9.81. The third kappa shape index (κ3) is 2.22. The highest BCUT2D eigenvalue weighted by Crippen LogP contribution is 2.34. The van der Waals surface area contributed by atoms with E-state index >= 15 is 0 Å². The lowest BCUT2D eigenvalue weighted by Crippen LogP contribution is -2.21. The van der Waals surface area contributed by atoms with Crippen molar-refractivity contribution >= 4 is 17.3 Å². The second kappa shape index (κ2) is 5.49. The van der Waals surface area contributed by atoms with Gasteiger partial charge in [0, 0.05) is 17.8 Å². The summed E-state index contributed by atoms with van der Waals surface area (Å²) in [6.07, 6.45) is 5.93. The number of nitrogen functional groups attached to an aromatic ring is 1. The molecule has 2 N–H and O–H groups in total. The van der Waals surface area contributed by atoms with Gasteiger partial charge in [0.25, 0.3) is 0 Å². The zero-order valence-electron chi connectivity index (χ0n) is 11.8. The lowest BCUT2D eigenvalue weighted by Gasteiger charge is -2.26. The van der Waals surface area contributed by atoms with E-state index < -0.39 is 0 Å². The number of nitrogens with zero attached hydrogens (tertiary/aromatic N) is 3. The minimum Gasteiger partial charge on any atom is -0.383 e. The number of benzene rings is 1. The third-order valence-electron chi connectivity index (χ3n) is 3.93. The predicted molar refractivity (Wildman–Crippen MR) is 82.2 cm³/mol. The van der Waals surface area contributed by atoms with Gasteiger partial charge in [-0.3, -0.25) is 0 Å². The number of fused-ring (bicyclic) bond motifs is 1. The highest BCUT2D eigenvalue weighted by molar-refractivity contribution is 5.69. The molecule has 4 nitrogen and oxygen atoms in total. The molecular weight excluding hydrogens is 248 g/mol. The van der Waals surface area contributed by atoms with E-state index in [1.54, 1.807) is 6.33 Å². The molecule has 104 valence electrons. The van der Waals surface area contributed by atoms with E-state index in [1.807, 2.05) is 0 Å². The first-order valence-corrected chi connectivity index (χ1v) is 7.26. The van der Waals surface area contributed by atoms with Crippen molar-refractivity contribution in [3.05, 3.63) is 41.7 Å². The number of para-hydroxylation sites is 1. The van der Waals surface area contributed by atoms with Crippen molar-refractivity contribution in [2.45, 2.75) is 32.6 Å². The Hall–Kier alpha value is -2.10. The van der Waals surface area contributed by atoms with E-state index in [-0.39, 0.29) is 0 Å². The van der Waals surface area contributed by atoms with Crippen molar-refractivity contribution in [3.63, 3.8) is 0 Å². The Morgan fingerprint density at radius 1 is 1.20 bits per heavy atom. The molecule has 1 aromatic carbocycles. The summed E-state index contributed by atoms with van der Waals surface area (Å²) in [5.74, 6) is 1.56. The molecule has 1 aliphatic heterocycles.